The summed E-state index contributed by atoms with van der Waals surface area (Å²) in [5, 5.41) is 21.8. The van der Waals surface area contributed by atoms with E-state index in [0.717, 1.165) is 4.57 Å². The fraction of sp³-hybridized carbons (Fsp3) is 0.100. The summed E-state index contributed by atoms with van der Waals surface area (Å²) in [6, 6.07) is 14.4. The smallest absolute Gasteiger partial charge is 0.338 e. The first-order valence-corrected chi connectivity index (χ1v) is 9.06. The van der Waals surface area contributed by atoms with Crippen LogP contribution in [-0.2, 0) is 11.3 Å². The van der Waals surface area contributed by atoms with E-state index in [0.29, 0.717) is 15.2 Å². The Labute approximate surface area is 174 Å². The van der Waals surface area contributed by atoms with Crippen LogP contribution in [0.5, 0.6) is 5.88 Å². The van der Waals surface area contributed by atoms with Crippen LogP contribution in [0, 0.1) is 0 Å². The second-order valence-electron chi connectivity index (χ2n) is 6.25. The van der Waals surface area contributed by atoms with Gasteiger partial charge in [0.05, 0.1) is 12.2 Å². The Morgan fingerprint density at radius 2 is 1.63 bits per heavy atom. The van der Waals surface area contributed by atoms with Gasteiger partial charge in [0.15, 0.2) is 5.56 Å². The van der Waals surface area contributed by atoms with Crippen LogP contribution in [0.1, 0.15) is 15.9 Å². The van der Waals surface area contributed by atoms with E-state index < -0.39 is 41.1 Å². The number of carbonyl (C=O) groups is 2. The molecule has 0 spiro atoms. The zero-order valence-electron chi connectivity index (χ0n) is 15.4. The molecule has 9 nitrogen and oxygen atoms in total. The summed E-state index contributed by atoms with van der Waals surface area (Å²) in [6.45, 7) is -0.894. The third-order valence-corrected chi connectivity index (χ3v) is 4.47. The highest BCUT2D eigenvalue weighted by Gasteiger charge is 2.25. The molecule has 3 N–H and O–H groups in total. The van der Waals surface area contributed by atoms with Gasteiger partial charge in [0, 0.05) is 5.02 Å². The van der Waals surface area contributed by atoms with Crippen LogP contribution in [0.15, 0.2) is 64.2 Å². The van der Waals surface area contributed by atoms with Gasteiger partial charge in [-0.3, -0.25) is 19.0 Å². The number of aromatic nitrogens is 2. The number of nitrogens with one attached hydrogen (secondary N) is 1. The molecule has 3 aromatic rings. The van der Waals surface area contributed by atoms with Gasteiger partial charge < -0.3 is 15.5 Å². The van der Waals surface area contributed by atoms with Crippen LogP contribution in [0.25, 0.3) is 5.69 Å². The lowest BCUT2D eigenvalue weighted by molar-refractivity contribution is -0.135. The fourth-order valence-corrected chi connectivity index (χ4v) is 2.94. The minimum atomic E-state index is -1.33. The Morgan fingerprint density at radius 3 is 2.23 bits per heavy atom. The molecular formula is C20H16ClN3O6. The quantitative estimate of drug-likeness (QED) is 0.540. The van der Waals surface area contributed by atoms with E-state index in [9.17, 15) is 24.3 Å². The van der Waals surface area contributed by atoms with Crippen molar-refractivity contribution in [3.63, 3.8) is 0 Å². The van der Waals surface area contributed by atoms with E-state index >= 15 is 0 Å². The number of aliphatic carboxylic acids is 1. The molecule has 0 radical (unpaired) electrons. The van der Waals surface area contributed by atoms with Gasteiger partial charge in [0.25, 0.3) is 11.5 Å². The first-order chi connectivity index (χ1) is 14.3. The van der Waals surface area contributed by atoms with Gasteiger partial charge in [-0.05, 0) is 29.8 Å². The molecular weight excluding hydrogens is 414 g/mol. The molecule has 1 amide bonds. The van der Waals surface area contributed by atoms with Gasteiger partial charge in [0.1, 0.15) is 6.54 Å². The summed E-state index contributed by atoms with van der Waals surface area (Å²) in [5.74, 6) is -3.31. The largest absolute Gasteiger partial charge is 0.494 e. The highest BCUT2D eigenvalue weighted by Crippen LogP contribution is 2.16. The van der Waals surface area contributed by atoms with Crippen LogP contribution in [0.4, 0.5) is 0 Å². The zero-order chi connectivity index (χ0) is 21.8. The summed E-state index contributed by atoms with van der Waals surface area (Å²) in [7, 11) is 0. The number of benzene rings is 2. The molecule has 10 heteroatoms. The average molecular weight is 430 g/mol. The molecule has 0 saturated carbocycles. The Bertz CT molecular complexity index is 1220. The number of hydrogen-bond acceptors (Lipinski definition) is 5. The zero-order valence-corrected chi connectivity index (χ0v) is 16.2. The maximum Gasteiger partial charge on any atom is 0.338 e. The Hall–Kier alpha value is -3.85. The molecule has 0 aliphatic heterocycles. The molecule has 0 atom stereocenters. The second kappa shape index (κ2) is 8.66. The Morgan fingerprint density at radius 1 is 1.00 bits per heavy atom. The summed E-state index contributed by atoms with van der Waals surface area (Å²) < 4.78 is 1.58. The van der Waals surface area contributed by atoms with E-state index in [-0.39, 0.29) is 12.2 Å². The predicted octanol–water partition coefficient (Wildman–Crippen LogP) is 1.22. The minimum absolute atomic E-state index is 0.126. The highest BCUT2D eigenvalue weighted by atomic mass is 35.5. The van der Waals surface area contributed by atoms with Gasteiger partial charge in [-0.2, -0.15) is 0 Å². The summed E-state index contributed by atoms with van der Waals surface area (Å²) in [5.41, 5.74) is -1.95. The van der Waals surface area contributed by atoms with Crippen molar-refractivity contribution in [3.8, 4) is 11.6 Å². The Kier molecular flexibility index (Phi) is 6.03. The van der Waals surface area contributed by atoms with Crippen LogP contribution in [0.3, 0.4) is 0 Å². The van der Waals surface area contributed by atoms with Crippen molar-refractivity contribution >= 4 is 23.5 Å². The van der Waals surface area contributed by atoms with Crippen molar-refractivity contribution < 1.29 is 19.8 Å². The van der Waals surface area contributed by atoms with E-state index in [1.165, 1.54) is 24.3 Å². The molecule has 30 heavy (non-hydrogen) atoms. The molecule has 0 unspecified atom stereocenters. The number of rotatable bonds is 6. The lowest BCUT2D eigenvalue weighted by Crippen LogP contribution is -2.44. The fourth-order valence-electron chi connectivity index (χ4n) is 2.81. The first kappa shape index (κ1) is 20.9. The average Bonchev–Trinajstić information content (AvgIpc) is 2.72. The van der Waals surface area contributed by atoms with E-state index in [2.05, 4.69) is 0 Å². The van der Waals surface area contributed by atoms with Crippen molar-refractivity contribution in [2.45, 2.75) is 6.54 Å². The van der Waals surface area contributed by atoms with Gasteiger partial charge in [-0.25, -0.2) is 9.36 Å². The molecule has 0 aliphatic carbocycles. The number of halogens is 1. The lowest BCUT2D eigenvalue weighted by Gasteiger charge is -2.15. The normalized spacial score (nSPS) is 10.6. The maximum absolute atomic E-state index is 13.0. The number of nitrogens with zero attached hydrogens (tertiary/aromatic N) is 2. The number of carboxylic acid groups (broad SMARTS) is 1. The van der Waals surface area contributed by atoms with Crippen molar-refractivity contribution in [1.82, 2.24) is 14.5 Å². The van der Waals surface area contributed by atoms with Crippen molar-refractivity contribution in [3.05, 3.63) is 91.6 Å². The van der Waals surface area contributed by atoms with Crippen molar-refractivity contribution in [1.29, 1.82) is 0 Å². The van der Waals surface area contributed by atoms with Crippen LogP contribution >= 0.6 is 11.6 Å². The minimum Gasteiger partial charge on any atom is -0.494 e. The first-order valence-electron chi connectivity index (χ1n) is 8.68. The maximum atomic E-state index is 13.0. The Balaban J connectivity index is 2.24. The van der Waals surface area contributed by atoms with E-state index in [1.807, 2.05) is 5.32 Å². The van der Waals surface area contributed by atoms with Crippen LogP contribution in [-0.4, -0.2) is 37.8 Å². The van der Waals surface area contributed by atoms with Gasteiger partial charge >= 0.3 is 11.7 Å². The summed E-state index contributed by atoms with van der Waals surface area (Å²) in [6.07, 6.45) is 0. The molecule has 154 valence electrons. The van der Waals surface area contributed by atoms with Crippen LogP contribution in [0.2, 0.25) is 5.02 Å². The molecule has 0 fully saturated rings. The van der Waals surface area contributed by atoms with Crippen molar-refractivity contribution in [2.75, 3.05) is 6.54 Å². The highest BCUT2D eigenvalue weighted by molar-refractivity contribution is 6.30. The second-order valence-corrected chi connectivity index (χ2v) is 6.68. The molecule has 1 heterocycles. The lowest BCUT2D eigenvalue weighted by atomic mass is 10.2. The summed E-state index contributed by atoms with van der Waals surface area (Å²) >= 11 is 5.86. The molecule has 3 rings (SSSR count). The number of aromatic hydroxyl groups is 1. The van der Waals surface area contributed by atoms with Crippen molar-refractivity contribution in [2.24, 2.45) is 0 Å². The molecule has 0 aliphatic rings. The standard InChI is InChI=1S/C20H16ClN3O6/c21-13-6-8-14(9-7-13)24-19(29)16(17(27)22-10-15(25)26)18(28)23(20(24)30)11-12-4-2-1-3-5-12/h1-9,28H,10-11H2,(H,22,27)(H,25,26). The van der Waals surface area contributed by atoms with Gasteiger partial charge in [-0.1, -0.05) is 41.9 Å². The number of hydrogen-bond donors (Lipinski definition) is 3. The van der Waals surface area contributed by atoms with Crippen LogP contribution < -0.4 is 16.6 Å². The third kappa shape index (κ3) is 4.26. The predicted molar refractivity (Wildman–Crippen MR) is 108 cm³/mol. The van der Waals surface area contributed by atoms with Gasteiger partial charge in [-0.15, -0.1) is 0 Å². The van der Waals surface area contributed by atoms with Gasteiger partial charge in [0.2, 0.25) is 5.88 Å². The summed E-state index contributed by atoms with van der Waals surface area (Å²) in [4.78, 5) is 49.2. The molecule has 0 saturated heterocycles. The monoisotopic (exact) mass is 429 g/mol. The molecule has 1 aromatic heterocycles. The molecule has 0 bridgehead atoms. The SMILES string of the molecule is O=C(O)CNC(=O)c1c(O)n(Cc2ccccc2)c(=O)n(-c2ccc(Cl)cc2)c1=O. The topological polar surface area (TPSA) is 131 Å². The van der Waals surface area contributed by atoms with E-state index in [4.69, 9.17) is 16.7 Å². The van der Waals surface area contributed by atoms with E-state index in [1.54, 1.807) is 30.3 Å². The number of amides is 1. The molecule has 2 aromatic carbocycles. The number of carbonyl (C=O) groups excluding carboxylic acids is 1. The number of carboxylic acids is 1. The third-order valence-electron chi connectivity index (χ3n) is 4.21.